The normalized spacial score (nSPS) is 21.0. The molecular formula is C19H17N3O4. The van der Waals surface area contributed by atoms with Crippen molar-refractivity contribution in [2.75, 3.05) is 13.7 Å². The number of hydrogen-bond acceptors (Lipinski definition) is 5. The lowest BCUT2D eigenvalue weighted by Gasteiger charge is -2.37. The van der Waals surface area contributed by atoms with E-state index >= 15 is 0 Å². The maximum absolute atomic E-state index is 11.1. The summed E-state index contributed by atoms with van der Waals surface area (Å²) in [6.45, 7) is 0.732. The minimum Gasteiger partial charge on any atom is -0.497 e. The van der Waals surface area contributed by atoms with Crippen LogP contribution in [0.3, 0.4) is 0 Å². The molecule has 3 heterocycles. The predicted octanol–water partition coefficient (Wildman–Crippen LogP) is 3.89. The van der Waals surface area contributed by atoms with Gasteiger partial charge in [0.15, 0.2) is 0 Å². The van der Waals surface area contributed by atoms with E-state index in [0.29, 0.717) is 5.52 Å². The molecule has 132 valence electrons. The van der Waals surface area contributed by atoms with Crippen molar-refractivity contribution < 1.29 is 14.4 Å². The van der Waals surface area contributed by atoms with E-state index in [1.54, 1.807) is 19.2 Å². The second-order valence-corrected chi connectivity index (χ2v) is 6.72. The van der Waals surface area contributed by atoms with Crippen LogP contribution in [0.2, 0.25) is 0 Å². The van der Waals surface area contributed by atoms with Crippen molar-refractivity contribution in [1.82, 2.24) is 9.78 Å². The third-order valence-corrected chi connectivity index (χ3v) is 5.35. The third kappa shape index (κ3) is 2.07. The van der Waals surface area contributed by atoms with Gasteiger partial charge in [0.05, 0.1) is 35.0 Å². The smallest absolute Gasteiger partial charge is 0.271 e. The number of hydrogen-bond donors (Lipinski definition) is 0. The Labute approximate surface area is 149 Å². The SMILES string of the molecule is COc1ccc2c(c1)[C@H]1OCCC[C@H]1c1c3ccc([N+](=O)[O-])cc3nn1-2. The van der Waals surface area contributed by atoms with Gasteiger partial charge in [-0.2, -0.15) is 5.10 Å². The maximum atomic E-state index is 11.1. The fourth-order valence-electron chi connectivity index (χ4n) is 4.20. The Morgan fingerprint density at radius 2 is 2.19 bits per heavy atom. The first-order valence-corrected chi connectivity index (χ1v) is 8.64. The molecular weight excluding hydrogens is 334 g/mol. The van der Waals surface area contributed by atoms with Crippen molar-refractivity contribution in [3.63, 3.8) is 0 Å². The maximum Gasteiger partial charge on any atom is 0.271 e. The van der Waals surface area contributed by atoms with Crippen LogP contribution in [0.15, 0.2) is 36.4 Å². The number of rotatable bonds is 2. The number of nitro groups is 1. The van der Waals surface area contributed by atoms with Gasteiger partial charge in [-0.15, -0.1) is 0 Å². The lowest BCUT2D eigenvalue weighted by molar-refractivity contribution is -0.384. The molecule has 2 aliphatic rings. The summed E-state index contributed by atoms with van der Waals surface area (Å²) in [5, 5.41) is 16.8. The standard InChI is InChI=1S/C19H17N3O4/c1-25-12-5-7-17-15(10-12)19-14(3-2-8-26-19)18-13-6-4-11(22(23)24)9-16(13)20-21(17)18/h4-7,9-10,14,19H,2-3,8H2,1H3/t14-,19-/m0/s1. The van der Waals surface area contributed by atoms with E-state index in [9.17, 15) is 10.1 Å². The van der Waals surface area contributed by atoms with E-state index in [1.807, 2.05) is 28.9 Å². The molecule has 2 atom stereocenters. The zero-order chi connectivity index (χ0) is 17.8. The lowest BCUT2D eigenvalue weighted by Crippen LogP contribution is -2.28. The summed E-state index contributed by atoms with van der Waals surface area (Å²) >= 11 is 0. The summed E-state index contributed by atoms with van der Waals surface area (Å²) in [6, 6.07) is 10.8. The summed E-state index contributed by atoms with van der Waals surface area (Å²) in [7, 11) is 1.65. The molecule has 7 heteroatoms. The number of nitrogens with zero attached hydrogens (tertiary/aromatic N) is 3. The van der Waals surface area contributed by atoms with Gasteiger partial charge < -0.3 is 9.47 Å². The van der Waals surface area contributed by atoms with E-state index in [2.05, 4.69) is 0 Å². The highest BCUT2D eigenvalue weighted by Crippen LogP contribution is 2.49. The van der Waals surface area contributed by atoms with Crippen LogP contribution in [-0.2, 0) is 4.74 Å². The molecule has 5 rings (SSSR count). The molecule has 7 nitrogen and oxygen atoms in total. The minimum absolute atomic E-state index is 0.0450. The molecule has 0 spiro atoms. The zero-order valence-electron chi connectivity index (χ0n) is 14.2. The van der Waals surface area contributed by atoms with Crippen molar-refractivity contribution in [2.24, 2.45) is 0 Å². The van der Waals surface area contributed by atoms with Crippen molar-refractivity contribution in [2.45, 2.75) is 24.9 Å². The number of methoxy groups -OCH3 is 1. The van der Waals surface area contributed by atoms with Crippen LogP contribution in [0.5, 0.6) is 5.75 Å². The second-order valence-electron chi connectivity index (χ2n) is 6.72. The summed E-state index contributed by atoms with van der Waals surface area (Å²) < 4.78 is 13.5. The van der Waals surface area contributed by atoms with E-state index in [1.165, 1.54) is 0 Å². The van der Waals surface area contributed by atoms with Gasteiger partial charge in [-0.3, -0.25) is 10.1 Å². The van der Waals surface area contributed by atoms with E-state index in [0.717, 1.165) is 47.5 Å². The Morgan fingerprint density at radius 1 is 1.31 bits per heavy atom. The Balaban J connectivity index is 1.79. The molecule has 3 aromatic rings. The van der Waals surface area contributed by atoms with E-state index in [-0.39, 0.29) is 22.6 Å². The number of ether oxygens (including phenoxy) is 2. The highest BCUT2D eigenvalue weighted by atomic mass is 16.6. The van der Waals surface area contributed by atoms with Crippen LogP contribution in [0.1, 0.15) is 36.1 Å². The van der Waals surface area contributed by atoms with Gasteiger partial charge in [-0.05, 0) is 37.1 Å². The van der Waals surface area contributed by atoms with Gasteiger partial charge in [0.1, 0.15) is 5.75 Å². The summed E-state index contributed by atoms with van der Waals surface area (Å²) in [5.41, 5.74) is 3.78. The van der Waals surface area contributed by atoms with Crippen LogP contribution in [0.25, 0.3) is 16.6 Å². The number of aromatic nitrogens is 2. The molecule has 0 saturated carbocycles. The van der Waals surface area contributed by atoms with Crippen molar-refractivity contribution >= 4 is 16.6 Å². The molecule has 0 aliphatic carbocycles. The summed E-state index contributed by atoms with van der Waals surface area (Å²) in [5.74, 6) is 0.960. The molecule has 0 N–H and O–H groups in total. The molecule has 26 heavy (non-hydrogen) atoms. The fourth-order valence-corrected chi connectivity index (χ4v) is 4.20. The van der Waals surface area contributed by atoms with Gasteiger partial charge in [-0.25, -0.2) is 4.68 Å². The van der Waals surface area contributed by atoms with Gasteiger partial charge in [0.25, 0.3) is 5.69 Å². The van der Waals surface area contributed by atoms with Crippen molar-refractivity contribution in [3.05, 3.63) is 57.8 Å². The van der Waals surface area contributed by atoms with Crippen molar-refractivity contribution in [3.8, 4) is 11.4 Å². The largest absolute Gasteiger partial charge is 0.497 e. The molecule has 1 aromatic heterocycles. The average Bonchev–Trinajstić information content (AvgIpc) is 3.06. The van der Waals surface area contributed by atoms with Crippen LogP contribution >= 0.6 is 0 Å². The first kappa shape index (κ1) is 15.3. The van der Waals surface area contributed by atoms with Gasteiger partial charge in [0.2, 0.25) is 0 Å². The molecule has 0 amide bonds. The number of non-ortho nitro benzene ring substituents is 1. The number of fused-ring (bicyclic) bond motifs is 8. The van der Waals surface area contributed by atoms with E-state index < -0.39 is 0 Å². The molecule has 2 aliphatic heterocycles. The lowest BCUT2D eigenvalue weighted by atomic mass is 9.82. The van der Waals surface area contributed by atoms with Gasteiger partial charge in [0, 0.05) is 35.6 Å². The first-order chi connectivity index (χ1) is 12.7. The predicted molar refractivity (Wildman–Crippen MR) is 94.9 cm³/mol. The number of benzene rings is 2. The molecule has 2 aromatic carbocycles. The molecule has 0 unspecified atom stereocenters. The number of nitro benzene ring substituents is 1. The molecule has 0 bridgehead atoms. The van der Waals surface area contributed by atoms with E-state index in [4.69, 9.17) is 14.6 Å². The van der Waals surface area contributed by atoms with Crippen LogP contribution in [0, 0.1) is 10.1 Å². The summed E-state index contributed by atoms with van der Waals surface area (Å²) in [6.07, 6.45) is 1.94. The van der Waals surface area contributed by atoms with Crippen molar-refractivity contribution in [1.29, 1.82) is 0 Å². The first-order valence-electron chi connectivity index (χ1n) is 8.64. The van der Waals surface area contributed by atoms with Crippen LogP contribution < -0.4 is 4.74 Å². The monoisotopic (exact) mass is 351 g/mol. The fraction of sp³-hybridized carbons (Fsp3) is 0.316. The average molecular weight is 351 g/mol. The van der Waals surface area contributed by atoms with Crippen LogP contribution in [-0.4, -0.2) is 28.4 Å². The Hall–Kier alpha value is -2.93. The highest BCUT2D eigenvalue weighted by Gasteiger charge is 2.39. The topological polar surface area (TPSA) is 79.4 Å². The second kappa shape index (κ2) is 5.54. The molecule has 1 saturated heterocycles. The van der Waals surface area contributed by atoms with Crippen LogP contribution in [0.4, 0.5) is 5.69 Å². The Bertz CT molecular complexity index is 1040. The Morgan fingerprint density at radius 3 is 3.00 bits per heavy atom. The summed E-state index contributed by atoms with van der Waals surface area (Å²) in [4.78, 5) is 10.7. The minimum atomic E-state index is -0.386. The molecule has 0 radical (unpaired) electrons. The van der Waals surface area contributed by atoms with Gasteiger partial charge in [-0.1, -0.05) is 0 Å². The third-order valence-electron chi connectivity index (χ3n) is 5.35. The Kier molecular flexibility index (Phi) is 3.27. The molecule has 1 fully saturated rings. The quantitative estimate of drug-likeness (QED) is 0.517. The zero-order valence-corrected chi connectivity index (χ0v) is 14.2. The van der Waals surface area contributed by atoms with Gasteiger partial charge >= 0.3 is 0 Å². The highest BCUT2D eigenvalue weighted by molar-refractivity contribution is 5.85.